The molecule has 2 unspecified atom stereocenters. The molecular weight excluding hydrogens is 475 g/mol. The van der Waals surface area contributed by atoms with Gasteiger partial charge in [0.1, 0.15) is 17.6 Å². The van der Waals surface area contributed by atoms with Gasteiger partial charge in [0.25, 0.3) is 0 Å². The first kappa shape index (κ1) is 23.6. The van der Waals surface area contributed by atoms with Gasteiger partial charge in [-0.2, -0.15) is 13.2 Å². The topological polar surface area (TPSA) is 68.2 Å². The fraction of sp³-hybridized carbons (Fsp3) is 0.519. The molecule has 4 aliphatic rings. The van der Waals surface area contributed by atoms with Crippen molar-refractivity contribution in [3.05, 3.63) is 58.1 Å². The highest BCUT2D eigenvalue weighted by Gasteiger charge is 2.40. The molecule has 3 aliphatic heterocycles. The van der Waals surface area contributed by atoms with E-state index in [0.717, 1.165) is 29.5 Å². The van der Waals surface area contributed by atoms with Gasteiger partial charge in [-0.3, -0.25) is 9.69 Å². The Hall–Kier alpha value is -2.78. The van der Waals surface area contributed by atoms with E-state index in [1.165, 1.54) is 6.07 Å². The van der Waals surface area contributed by atoms with E-state index in [9.17, 15) is 18.0 Å². The zero-order valence-corrected chi connectivity index (χ0v) is 19.7. The quantitative estimate of drug-likeness (QED) is 0.593. The first-order valence-corrected chi connectivity index (χ1v) is 12.5. The van der Waals surface area contributed by atoms with Gasteiger partial charge in [-0.05, 0) is 54.5 Å². The lowest BCUT2D eigenvalue weighted by molar-refractivity contribution is -0.139. The fourth-order valence-electron chi connectivity index (χ4n) is 6.23. The third-order valence-corrected chi connectivity index (χ3v) is 7.84. The second-order valence-electron chi connectivity index (χ2n) is 10.3. The normalized spacial score (nSPS) is 27.0. The summed E-state index contributed by atoms with van der Waals surface area (Å²) in [5.74, 6) is 0.0939. The van der Waals surface area contributed by atoms with Crippen molar-refractivity contribution in [2.45, 2.75) is 69.1 Å². The lowest BCUT2D eigenvalue weighted by atomic mass is 9.96. The molecule has 1 N–H and O–H groups in total. The molecule has 2 aromatic carbocycles. The van der Waals surface area contributed by atoms with E-state index in [-0.39, 0.29) is 37.2 Å². The maximum Gasteiger partial charge on any atom is 0.416 e. The number of nitrogens with zero attached hydrogens (tertiary/aromatic N) is 1. The third-order valence-electron chi connectivity index (χ3n) is 7.84. The number of hydrogen-bond acceptors (Lipinski definition) is 5. The van der Waals surface area contributed by atoms with Crippen LogP contribution in [-0.2, 0) is 28.7 Å². The molecule has 2 fully saturated rings. The van der Waals surface area contributed by atoms with Crippen LogP contribution in [0.1, 0.15) is 65.5 Å². The van der Waals surface area contributed by atoms with Crippen LogP contribution in [0.15, 0.2) is 30.3 Å². The van der Waals surface area contributed by atoms with Crippen LogP contribution < -0.4 is 9.47 Å². The molecule has 0 spiro atoms. The minimum Gasteiger partial charge on any atom is -0.492 e. The molecule has 2 bridgehead atoms. The summed E-state index contributed by atoms with van der Waals surface area (Å²) in [6.45, 7) is 1.90. The van der Waals surface area contributed by atoms with Gasteiger partial charge >= 0.3 is 12.1 Å². The summed E-state index contributed by atoms with van der Waals surface area (Å²) in [4.78, 5) is 13.2. The van der Waals surface area contributed by atoms with Crippen molar-refractivity contribution in [2.24, 2.45) is 0 Å². The molecule has 0 aromatic heterocycles. The van der Waals surface area contributed by atoms with E-state index >= 15 is 0 Å². The second-order valence-corrected chi connectivity index (χ2v) is 10.3. The molecular formula is C27H28F3NO5. The molecule has 6 nitrogen and oxygen atoms in total. The molecule has 3 heterocycles. The number of carbonyl (C=O) groups is 1. The average Bonchev–Trinajstić information content (AvgIpc) is 3.50. The minimum absolute atomic E-state index is 0.00183. The number of halogens is 3. The molecule has 0 radical (unpaired) electrons. The van der Waals surface area contributed by atoms with E-state index in [4.69, 9.17) is 19.3 Å². The maximum atomic E-state index is 14.0. The molecule has 0 amide bonds. The van der Waals surface area contributed by atoms with Crippen molar-refractivity contribution in [1.82, 2.24) is 4.90 Å². The van der Waals surface area contributed by atoms with E-state index in [0.29, 0.717) is 49.6 Å². The summed E-state index contributed by atoms with van der Waals surface area (Å²) in [6.07, 6.45) is -1.48. The number of aliphatic carboxylic acids is 1. The smallest absolute Gasteiger partial charge is 0.416 e. The van der Waals surface area contributed by atoms with Crippen molar-refractivity contribution in [1.29, 1.82) is 0 Å². The summed E-state index contributed by atoms with van der Waals surface area (Å²) in [5, 5.41) is 9.10. The summed E-state index contributed by atoms with van der Waals surface area (Å²) >= 11 is 0. The van der Waals surface area contributed by atoms with Gasteiger partial charge in [-0.1, -0.05) is 12.1 Å². The number of hydrogen-bond donors (Lipinski definition) is 1. The molecule has 9 heteroatoms. The number of ether oxygens (including phenoxy) is 3. The van der Waals surface area contributed by atoms with E-state index < -0.39 is 17.7 Å². The number of benzene rings is 2. The SMILES string of the molecule is O=C(O)CC1COc2cc(OC3CCc4c3ccc(C(F)(F)F)c4CN3C[C@H]4CC[C@@H](C3)O4)ccc21. The summed E-state index contributed by atoms with van der Waals surface area (Å²) in [5.41, 5.74) is 2.19. The van der Waals surface area contributed by atoms with Gasteiger partial charge in [0, 0.05) is 37.2 Å². The van der Waals surface area contributed by atoms with Gasteiger partial charge in [0.2, 0.25) is 0 Å². The number of morpholine rings is 1. The minimum atomic E-state index is -4.42. The van der Waals surface area contributed by atoms with E-state index in [1.54, 1.807) is 18.2 Å². The Kier molecular flexibility index (Phi) is 5.87. The summed E-state index contributed by atoms with van der Waals surface area (Å²) in [7, 11) is 0. The van der Waals surface area contributed by atoms with Crippen LogP contribution >= 0.6 is 0 Å². The van der Waals surface area contributed by atoms with Crippen molar-refractivity contribution >= 4 is 5.97 Å². The Morgan fingerprint density at radius 2 is 1.83 bits per heavy atom. The van der Waals surface area contributed by atoms with Gasteiger partial charge in [-0.15, -0.1) is 0 Å². The zero-order chi connectivity index (χ0) is 25.0. The number of carboxylic acids is 1. The maximum absolute atomic E-state index is 14.0. The molecule has 36 heavy (non-hydrogen) atoms. The summed E-state index contributed by atoms with van der Waals surface area (Å²) < 4.78 is 59.8. The van der Waals surface area contributed by atoms with Gasteiger partial charge in [0.05, 0.1) is 30.8 Å². The Labute approximate surface area is 206 Å². The Morgan fingerprint density at radius 1 is 1.08 bits per heavy atom. The molecule has 2 aromatic rings. The number of fused-ring (bicyclic) bond motifs is 4. The van der Waals surface area contributed by atoms with Crippen molar-refractivity contribution in [3.8, 4) is 11.5 Å². The predicted molar refractivity (Wildman–Crippen MR) is 123 cm³/mol. The van der Waals surface area contributed by atoms with Crippen molar-refractivity contribution in [3.63, 3.8) is 0 Å². The Morgan fingerprint density at radius 3 is 2.56 bits per heavy atom. The molecule has 192 valence electrons. The summed E-state index contributed by atoms with van der Waals surface area (Å²) in [6, 6.07) is 8.13. The second kappa shape index (κ2) is 8.95. The lowest BCUT2D eigenvalue weighted by Gasteiger charge is -2.33. The molecule has 6 rings (SSSR count). The molecule has 4 atom stereocenters. The van der Waals surface area contributed by atoms with Crippen LogP contribution in [0, 0.1) is 0 Å². The van der Waals surface area contributed by atoms with E-state index in [2.05, 4.69) is 4.90 Å². The van der Waals surface area contributed by atoms with Gasteiger partial charge in [-0.25, -0.2) is 0 Å². The molecule has 2 saturated heterocycles. The average molecular weight is 504 g/mol. The van der Waals surface area contributed by atoms with Crippen LogP contribution in [-0.4, -0.2) is 47.9 Å². The Bertz CT molecular complexity index is 1170. The zero-order valence-electron chi connectivity index (χ0n) is 19.7. The molecule has 1 aliphatic carbocycles. The lowest BCUT2D eigenvalue weighted by Crippen LogP contribution is -2.42. The highest BCUT2D eigenvalue weighted by atomic mass is 19.4. The van der Waals surface area contributed by atoms with Crippen molar-refractivity contribution in [2.75, 3.05) is 19.7 Å². The van der Waals surface area contributed by atoms with Crippen LogP contribution in [0.4, 0.5) is 13.2 Å². The third kappa shape index (κ3) is 4.43. The van der Waals surface area contributed by atoms with Gasteiger partial charge in [0.15, 0.2) is 0 Å². The number of alkyl halides is 3. The molecule has 0 saturated carbocycles. The predicted octanol–water partition coefficient (Wildman–Crippen LogP) is 5.09. The van der Waals surface area contributed by atoms with Crippen LogP contribution in [0.2, 0.25) is 0 Å². The first-order chi connectivity index (χ1) is 17.2. The highest BCUT2D eigenvalue weighted by Crippen LogP contribution is 2.44. The largest absolute Gasteiger partial charge is 0.492 e. The van der Waals surface area contributed by atoms with Crippen molar-refractivity contribution < 1.29 is 37.3 Å². The number of carboxylic acid groups (broad SMARTS) is 1. The number of likely N-dealkylation sites (tertiary alicyclic amines) is 1. The number of rotatable bonds is 6. The first-order valence-electron chi connectivity index (χ1n) is 12.5. The Balaban J connectivity index is 1.25. The monoisotopic (exact) mass is 503 g/mol. The standard InChI is InChI=1S/C27H28F3NO5/c28-27(29,30)23-7-5-21-20(22(23)13-31-11-17-1-2-18(12-31)35-17)6-8-24(21)36-16-3-4-19-15(9-26(32)33)14-34-25(19)10-16/h3-5,7,10,15,17-18,24H,1-2,6,8-9,11-14H2,(H,32,33)/t15?,17-,18+,24?. The van der Waals surface area contributed by atoms with Crippen LogP contribution in [0.25, 0.3) is 0 Å². The van der Waals surface area contributed by atoms with Crippen LogP contribution in [0.3, 0.4) is 0 Å². The highest BCUT2D eigenvalue weighted by molar-refractivity contribution is 5.68. The fourth-order valence-corrected chi connectivity index (χ4v) is 6.23. The van der Waals surface area contributed by atoms with E-state index in [1.807, 2.05) is 6.07 Å². The van der Waals surface area contributed by atoms with Crippen LogP contribution in [0.5, 0.6) is 11.5 Å². The van der Waals surface area contributed by atoms with Gasteiger partial charge < -0.3 is 19.3 Å².